The summed E-state index contributed by atoms with van der Waals surface area (Å²) >= 11 is 0. The number of hydrogen-bond donors (Lipinski definition) is 2. The molecule has 0 aromatic carbocycles. The highest BCUT2D eigenvalue weighted by atomic mass is 16.2. The lowest BCUT2D eigenvalue weighted by molar-refractivity contribution is -0.132. The first kappa shape index (κ1) is 18.4. The van der Waals surface area contributed by atoms with Crippen LogP contribution >= 0.6 is 0 Å². The Bertz CT molecular complexity index is 264. The minimum atomic E-state index is -0.537. The van der Waals surface area contributed by atoms with Crippen molar-refractivity contribution in [1.82, 2.24) is 5.32 Å². The second-order valence-electron chi connectivity index (χ2n) is 7.20. The summed E-state index contributed by atoms with van der Waals surface area (Å²) in [6, 6.07) is 0. The van der Waals surface area contributed by atoms with Gasteiger partial charge in [0.1, 0.15) is 0 Å². The number of nitrogens with two attached hydrogens (primary N) is 1. The van der Waals surface area contributed by atoms with Crippen LogP contribution in [0.1, 0.15) is 73.6 Å². The Hall–Kier alpha value is -0.570. The van der Waals surface area contributed by atoms with Crippen molar-refractivity contribution in [2.24, 2.45) is 17.1 Å². The van der Waals surface area contributed by atoms with Crippen molar-refractivity contribution in [2.45, 2.75) is 79.2 Å². The lowest BCUT2D eigenvalue weighted by Gasteiger charge is -2.36. The number of rotatable bonds is 9. The lowest BCUT2D eigenvalue weighted by Crippen LogP contribution is -2.55. The van der Waals surface area contributed by atoms with Crippen molar-refractivity contribution in [3.63, 3.8) is 0 Å². The predicted molar refractivity (Wildman–Crippen MR) is 83.0 cm³/mol. The Labute approximate surface area is 119 Å². The zero-order chi connectivity index (χ0) is 15.1. The molecule has 0 aromatic rings. The Morgan fingerprint density at radius 1 is 1.05 bits per heavy atom. The highest BCUT2D eigenvalue weighted by Gasteiger charge is 2.39. The van der Waals surface area contributed by atoms with Crippen LogP contribution in [0, 0.1) is 11.3 Å². The highest BCUT2D eigenvalue weighted by molar-refractivity contribution is 5.83. The summed E-state index contributed by atoms with van der Waals surface area (Å²) in [5.74, 6) is 0.856. The second-order valence-corrected chi connectivity index (χ2v) is 7.20. The lowest BCUT2D eigenvalue weighted by atomic mass is 9.74. The summed E-state index contributed by atoms with van der Waals surface area (Å²) in [5.41, 5.74) is 5.01. The van der Waals surface area contributed by atoms with Gasteiger partial charge in [0.2, 0.25) is 5.91 Å². The van der Waals surface area contributed by atoms with Gasteiger partial charge in [0.05, 0.1) is 5.41 Å². The van der Waals surface area contributed by atoms with Gasteiger partial charge < -0.3 is 11.1 Å². The van der Waals surface area contributed by atoms with Gasteiger partial charge in [-0.2, -0.15) is 0 Å². The molecule has 0 aliphatic rings. The van der Waals surface area contributed by atoms with E-state index in [0.717, 1.165) is 18.9 Å². The van der Waals surface area contributed by atoms with Crippen molar-refractivity contribution in [2.75, 3.05) is 6.54 Å². The van der Waals surface area contributed by atoms with Gasteiger partial charge in [-0.05, 0) is 40.0 Å². The van der Waals surface area contributed by atoms with Gasteiger partial charge >= 0.3 is 0 Å². The summed E-state index contributed by atoms with van der Waals surface area (Å²) in [6.07, 6.45) is 6.12. The average molecular weight is 270 g/mol. The summed E-state index contributed by atoms with van der Waals surface area (Å²) in [4.78, 5) is 12.1. The van der Waals surface area contributed by atoms with E-state index in [1.807, 2.05) is 27.7 Å². The molecule has 3 nitrogen and oxygen atoms in total. The second kappa shape index (κ2) is 7.88. The van der Waals surface area contributed by atoms with E-state index in [0.29, 0.717) is 0 Å². The largest absolute Gasteiger partial charge is 0.356 e. The monoisotopic (exact) mass is 270 g/mol. The Morgan fingerprint density at radius 2 is 1.58 bits per heavy atom. The van der Waals surface area contributed by atoms with Gasteiger partial charge in [-0.3, -0.25) is 4.79 Å². The van der Waals surface area contributed by atoms with Crippen molar-refractivity contribution in [1.29, 1.82) is 0 Å². The number of carbonyl (C=O) groups is 1. The molecule has 3 N–H and O–H groups in total. The summed E-state index contributed by atoms with van der Waals surface area (Å²) in [6.45, 7) is 12.9. The fraction of sp³-hybridized carbons (Fsp3) is 0.938. The SMILES string of the molecule is CC(C)CCCCCCNC(=O)C(C)(C)C(C)(C)N. The summed E-state index contributed by atoms with van der Waals surface area (Å²) < 4.78 is 0. The molecule has 114 valence electrons. The molecule has 0 heterocycles. The van der Waals surface area contributed by atoms with Crippen LogP contribution in [0.25, 0.3) is 0 Å². The normalized spacial score (nSPS) is 12.8. The number of amides is 1. The molecule has 0 fully saturated rings. The molecule has 1 amide bonds. The van der Waals surface area contributed by atoms with Gasteiger partial charge in [-0.15, -0.1) is 0 Å². The minimum absolute atomic E-state index is 0.0576. The first-order chi connectivity index (χ1) is 8.59. The molecule has 3 heteroatoms. The number of carbonyl (C=O) groups excluding carboxylic acids is 1. The van der Waals surface area contributed by atoms with E-state index in [1.165, 1.54) is 25.7 Å². The van der Waals surface area contributed by atoms with E-state index in [9.17, 15) is 4.79 Å². The summed E-state index contributed by atoms with van der Waals surface area (Å²) in [5, 5.41) is 3.01. The molecule has 0 unspecified atom stereocenters. The van der Waals surface area contributed by atoms with Crippen LogP contribution in [-0.4, -0.2) is 18.0 Å². The van der Waals surface area contributed by atoms with Crippen LogP contribution in [-0.2, 0) is 4.79 Å². The van der Waals surface area contributed by atoms with Gasteiger partial charge in [0.15, 0.2) is 0 Å². The third-order valence-electron chi connectivity index (χ3n) is 4.17. The molecule has 0 aliphatic heterocycles. The maximum absolute atomic E-state index is 12.1. The quantitative estimate of drug-likeness (QED) is 0.630. The fourth-order valence-electron chi connectivity index (χ4n) is 1.75. The number of unbranched alkanes of at least 4 members (excludes halogenated alkanes) is 3. The fourth-order valence-corrected chi connectivity index (χ4v) is 1.75. The van der Waals surface area contributed by atoms with Gasteiger partial charge in [0, 0.05) is 12.1 Å². The molecule has 0 radical (unpaired) electrons. The molecule has 0 aromatic heterocycles. The van der Waals surface area contributed by atoms with Crippen LogP contribution in [0.4, 0.5) is 0 Å². The van der Waals surface area contributed by atoms with Crippen LogP contribution in [0.3, 0.4) is 0 Å². The molecule has 0 saturated carbocycles. The molecule has 0 spiro atoms. The molecular formula is C16H34N2O. The maximum atomic E-state index is 12.1. The van der Waals surface area contributed by atoms with E-state index >= 15 is 0 Å². The van der Waals surface area contributed by atoms with E-state index in [-0.39, 0.29) is 5.91 Å². The van der Waals surface area contributed by atoms with E-state index in [4.69, 9.17) is 5.73 Å². The van der Waals surface area contributed by atoms with E-state index in [2.05, 4.69) is 19.2 Å². The topological polar surface area (TPSA) is 55.1 Å². The zero-order valence-corrected chi connectivity index (χ0v) is 13.8. The molecule has 19 heavy (non-hydrogen) atoms. The standard InChI is InChI=1S/C16H34N2O/c1-13(2)11-9-7-8-10-12-18-14(19)15(3,4)16(5,6)17/h13H,7-12,17H2,1-6H3,(H,18,19). The first-order valence-electron chi connectivity index (χ1n) is 7.66. The number of nitrogens with one attached hydrogen (secondary N) is 1. The predicted octanol–water partition coefficient (Wildman–Crippen LogP) is 3.47. The van der Waals surface area contributed by atoms with Crippen molar-refractivity contribution in [3.8, 4) is 0 Å². The van der Waals surface area contributed by atoms with Crippen LogP contribution in [0.2, 0.25) is 0 Å². The van der Waals surface area contributed by atoms with E-state index in [1.54, 1.807) is 0 Å². The third-order valence-corrected chi connectivity index (χ3v) is 4.17. The Kier molecular flexibility index (Phi) is 7.65. The molecule has 0 bridgehead atoms. The minimum Gasteiger partial charge on any atom is -0.356 e. The van der Waals surface area contributed by atoms with Gasteiger partial charge in [-0.25, -0.2) is 0 Å². The Balaban J connectivity index is 3.76. The highest BCUT2D eigenvalue weighted by Crippen LogP contribution is 2.28. The first-order valence-corrected chi connectivity index (χ1v) is 7.66. The van der Waals surface area contributed by atoms with Crippen LogP contribution in [0.15, 0.2) is 0 Å². The maximum Gasteiger partial charge on any atom is 0.227 e. The van der Waals surface area contributed by atoms with E-state index < -0.39 is 11.0 Å². The summed E-state index contributed by atoms with van der Waals surface area (Å²) in [7, 11) is 0. The molecule has 0 rings (SSSR count). The molecule has 0 aliphatic carbocycles. The van der Waals surface area contributed by atoms with Crippen molar-refractivity contribution < 1.29 is 4.79 Å². The van der Waals surface area contributed by atoms with Crippen molar-refractivity contribution >= 4 is 5.91 Å². The number of hydrogen-bond acceptors (Lipinski definition) is 2. The molecule has 0 atom stereocenters. The van der Waals surface area contributed by atoms with Crippen LogP contribution in [0.5, 0.6) is 0 Å². The van der Waals surface area contributed by atoms with Gasteiger partial charge in [-0.1, -0.05) is 39.5 Å². The average Bonchev–Trinajstić information content (AvgIpc) is 2.25. The molecule has 0 saturated heterocycles. The molecular weight excluding hydrogens is 236 g/mol. The zero-order valence-electron chi connectivity index (χ0n) is 13.8. The smallest absolute Gasteiger partial charge is 0.227 e. The van der Waals surface area contributed by atoms with Crippen LogP contribution < -0.4 is 11.1 Å². The van der Waals surface area contributed by atoms with Crippen molar-refractivity contribution in [3.05, 3.63) is 0 Å². The Morgan fingerprint density at radius 3 is 2.05 bits per heavy atom. The van der Waals surface area contributed by atoms with Gasteiger partial charge in [0.25, 0.3) is 0 Å². The third kappa shape index (κ3) is 6.95.